The van der Waals surface area contributed by atoms with Crippen molar-refractivity contribution in [2.24, 2.45) is 0 Å². The number of anilines is 2. The molecule has 0 aliphatic heterocycles. The van der Waals surface area contributed by atoms with Crippen LogP contribution in [0.25, 0.3) is 10.2 Å². The van der Waals surface area contributed by atoms with Crippen molar-refractivity contribution in [3.63, 3.8) is 0 Å². The second-order valence-corrected chi connectivity index (χ2v) is 9.04. The van der Waals surface area contributed by atoms with Crippen molar-refractivity contribution < 1.29 is 4.79 Å². The second-order valence-electron chi connectivity index (χ2n) is 7.61. The van der Waals surface area contributed by atoms with Crippen LogP contribution >= 0.6 is 22.9 Å². The number of amides is 1. The van der Waals surface area contributed by atoms with Gasteiger partial charge < -0.3 is 11.1 Å². The minimum atomic E-state index is -0.238. The second kappa shape index (κ2) is 7.74. The SMILES string of the molecule is Nc1c(C(=O)Nc2cccc(Cl)c2)sc2nc3c(cc12)CC(c1ccccc1)CC3. The van der Waals surface area contributed by atoms with Crippen LogP contribution in [0.2, 0.25) is 5.02 Å². The molecule has 150 valence electrons. The smallest absolute Gasteiger partial charge is 0.267 e. The first-order valence-corrected chi connectivity index (χ1v) is 11.1. The zero-order valence-corrected chi connectivity index (χ0v) is 17.8. The van der Waals surface area contributed by atoms with Crippen LogP contribution < -0.4 is 11.1 Å². The van der Waals surface area contributed by atoms with Gasteiger partial charge in [0.25, 0.3) is 5.91 Å². The van der Waals surface area contributed by atoms with Crippen LogP contribution in [0.5, 0.6) is 0 Å². The van der Waals surface area contributed by atoms with Crippen LogP contribution in [0.4, 0.5) is 11.4 Å². The van der Waals surface area contributed by atoms with Crippen LogP contribution in [-0.2, 0) is 12.8 Å². The molecule has 3 N–H and O–H groups in total. The number of pyridine rings is 1. The summed E-state index contributed by atoms with van der Waals surface area (Å²) in [6.07, 6.45) is 2.97. The van der Waals surface area contributed by atoms with Gasteiger partial charge in [0.1, 0.15) is 9.71 Å². The summed E-state index contributed by atoms with van der Waals surface area (Å²) in [4.78, 5) is 19.0. The van der Waals surface area contributed by atoms with Gasteiger partial charge in [-0.15, -0.1) is 11.3 Å². The molecule has 1 aliphatic rings. The highest BCUT2D eigenvalue weighted by Crippen LogP contribution is 2.38. The van der Waals surface area contributed by atoms with Crippen LogP contribution in [0.15, 0.2) is 60.7 Å². The van der Waals surface area contributed by atoms with Gasteiger partial charge in [0.05, 0.1) is 5.69 Å². The minimum absolute atomic E-state index is 0.238. The summed E-state index contributed by atoms with van der Waals surface area (Å²) in [5, 5.41) is 4.31. The first kappa shape index (κ1) is 19.1. The van der Waals surface area contributed by atoms with E-state index < -0.39 is 0 Å². The van der Waals surface area contributed by atoms with E-state index in [1.54, 1.807) is 24.3 Å². The summed E-state index contributed by atoms with van der Waals surface area (Å²) in [5.74, 6) is 0.251. The highest BCUT2D eigenvalue weighted by atomic mass is 35.5. The summed E-state index contributed by atoms with van der Waals surface area (Å²) < 4.78 is 0. The van der Waals surface area contributed by atoms with E-state index in [1.165, 1.54) is 22.5 Å². The fourth-order valence-corrected chi connectivity index (χ4v) is 5.30. The molecule has 0 fully saturated rings. The molecule has 0 spiro atoms. The van der Waals surface area contributed by atoms with E-state index >= 15 is 0 Å². The van der Waals surface area contributed by atoms with Crippen molar-refractivity contribution in [1.82, 2.24) is 4.98 Å². The predicted molar refractivity (Wildman–Crippen MR) is 125 cm³/mol. The summed E-state index contributed by atoms with van der Waals surface area (Å²) in [5.41, 5.74) is 11.2. The molecule has 5 rings (SSSR count). The van der Waals surface area contributed by atoms with Crippen LogP contribution in [-0.4, -0.2) is 10.9 Å². The lowest BCUT2D eigenvalue weighted by molar-refractivity contribution is 0.103. The maximum absolute atomic E-state index is 12.8. The maximum atomic E-state index is 12.8. The Morgan fingerprint density at radius 1 is 1.13 bits per heavy atom. The van der Waals surface area contributed by atoms with Gasteiger partial charge in [0.2, 0.25) is 0 Å². The molecule has 0 saturated heterocycles. The molecule has 2 aromatic heterocycles. The number of halogens is 1. The third-order valence-corrected chi connectivity index (χ3v) is 6.99. The Morgan fingerprint density at radius 2 is 1.97 bits per heavy atom. The zero-order chi connectivity index (χ0) is 20.7. The average Bonchev–Trinajstić information content (AvgIpc) is 3.08. The molecule has 4 nitrogen and oxygen atoms in total. The molecule has 6 heteroatoms. The van der Waals surface area contributed by atoms with Gasteiger partial charge in [0.15, 0.2) is 0 Å². The Hall–Kier alpha value is -2.89. The van der Waals surface area contributed by atoms with E-state index in [0.717, 1.165) is 35.2 Å². The number of aromatic nitrogens is 1. The molecule has 4 aromatic rings. The van der Waals surface area contributed by atoms with Crippen molar-refractivity contribution in [1.29, 1.82) is 0 Å². The highest BCUT2D eigenvalue weighted by molar-refractivity contribution is 7.21. The lowest BCUT2D eigenvalue weighted by atomic mass is 9.82. The van der Waals surface area contributed by atoms with E-state index in [9.17, 15) is 4.79 Å². The molecule has 0 saturated carbocycles. The zero-order valence-electron chi connectivity index (χ0n) is 16.2. The molecule has 1 atom stereocenters. The van der Waals surface area contributed by atoms with Crippen molar-refractivity contribution in [2.45, 2.75) is 25.2 Å². The Labute approximate surface area is 183 Å². The van der Waals surface area contributed by atoms with Gasteiger partial charge in [-0.25, -0.2) is 4.98 Å². The van der Waals surface area contributed by atoms with Gasteiger partial charge in [-0.3, -0.25) is 4.79 Å². The first-order chi connectivity index (χ1) is 14.6. The van der Waals surface area contributed by atoms with Crippen molar-refractivity contribution >= 4 is 50.4 Å². The lowest BCUT2D eigenvalue weighted by Crippen LogP contribution is -2.14. The molecule has 2 heterocycles. The molecule has 2 aromatic carbocycles. The van der Waals surface area contributed by atoms with E-state index in [2.05, 4.69) is 35.6 Å². The summed E-state index contributed by atoms with van der Waals surface area (Å²) in [6.45, 7) is 0. The normalized spacial score (nSPS) is 15.7. The molecule has 0 bridgehead atoms. The van der Waals surface area contributed by atoms with Gasteiger partial charge >= 0.3 is 0 Å². The number of hydrogen-bond donors (Lipinski definition) is 2. The fourth-order valence-electron chi connectivity index (χ4n) is 4.12. The predicted octanol–water partition coefficient (Wildman–Crippen LogP) is 6.06. The van der Waals surface area contributed by atoms with Gasteiger partial charge in [-0.05, 0) is 60.6 Å². The Balaban J connectivity index is 1.46. The van der Waals surface area contributed by atoms with Gasteiger partial charge in [0, 0.05) is 21.8 Å². The van der Waals surface area contributed by atoms with Crippen LogP contribution in [0.3, 0.4) is 0 Å². The molecule has 30 heavy (non-hydrogen) atoms. The number of thiophene rings is 1. The van der Waals surface area contributed by atoms with E-state index in [1.807, 2.05) is 6.07 Å². The molecule has 1 unspecified atom stereocenters. The van der Waals surface area contributed by atoms with E-state index in [0.29, 0.717) is 27.2 Å². The summed E-state index contributed by atoms with van der Waals surface area (Å²) in [6, 6.07) is 19.8. The number of benzene rings is 2. The first-order valence-electron chi connectivity index (χ1n) is 9.91. The Morgan fingerprint density at radius 3 is 2.77 bits per heavy atom. The number of nitrogen functional groups attached to an aromatic ring is 1. The summed E-state index contributed by atoms with van der Waals surface area (Å²) in [7, 11) is 0. The Bertz CT molecular complexity index is 1250. The quantitative estimate of drug-likeness (QED) is 0.412. The minimum Gasteiger partial charge on any atom is -0.397 e. The monoisotopic (exact) mass is 433 g/mol. The fraction of sp³-hybridized carbons (Fsp3) is 0.167. The number of rotatable bonds is 3. The Kier molecular flexibility index (Phi) is 4.93. The third kappa shape index (κ3) is 3.55. The molecule has 0 radical (unpaired) electrons. The number of carbonyl (C=O) groups is 1. The van der Waals surface area contributed by atoms with E-state index in [-0.39, 0.29) is 5.91 Å². The third-order valence-electron chi connectivity index (χ3n) is 5.65. The van der Waals surface area contributed by atoms with Crippen molar-refractivity contribution in [2.75, 3.05) is 11.1 Å². The number of nitrogens with one attached hydrogen (secondary N) is 1. The number of carbonyl (C=O) groups excluding carboxylic acids is 1. The van der Waals surface area contributed by atoms with Crippen molar-refractivity contribution in [3.8, 4) is 0 Å². The number of hydrogen-bond acceptors (Lipinski definition) is 4. The number of fused-ring (bicyclic) bond motifs is 2. The van der Waals surface area contributed by atoms with E-state index in [4.69, 9.17) is 22.3 Å². The largest absolute Gasteiger partial charge is 0.397 e. The average molecular weight is 434 g/mol. The topological polar surface area (TPSA) is 68.0 Å². The standard InChI is InChI=1S/C24H20ClN3OS/c25-17-7-4-8-18(13-17)27-23(29)22-21(26)19-12-16-11-15(14-5-2-1-3-6-14)9-10-20(16)28-24(19)30-22/h1-8,12-13,15H,9-11,26H2,(H,27,29). The number of nitrogens with zero attached hydrogens (tertiary/aromatic N) is 1. The highest BCUT2D eigenvalue weighted by Gasteiger charge is 2.24. The van der Waals surface area contributed by atoms with Crippen LogP contribution in [0, 0.1) is 0 Å². The number of aryl methyl sites for hydroxylation is 1. The maximum Gasteiger partial charge on any atom is 0.267 e. The summed E-state index contributed by atoms with van der Waals surface area (Å²) >= 11 is 7.36. The molecular formula is C24H20ClN3OS. The van der Waals surface area contributed by atoms with Crippen LogP contribution in [0.1, 0.15) is 38.8 Å². The molecule has 1 amide bonds. The molecular weight excluding hydrogens is 414 g/mol. The van der Waals surface area contributed by atoms with Gasteiger partial charge in [-0.2, -0.15) is 0 Å². The lowest BCUT2D eigenvalue weighted by Gasteiger charge is -2.24. The van der Waals surface area contributed by atoms with Crippen molar-refractivity contribution in [3.05, 3.63) is 87.4 Å². The van der Waals surface area contributed by atoms with Gasteiger partial charge in [-0.1, -0.05) is 48.0 Å². The number of nitrogens with two attached hydrogens (primary N) is 1. The molecule has 1 aliphatic carbocycles.